The van der Waals surface area contributed by atoms with Gasteiger partial charge in [-0.1, -0.05) is 12.1 Å². The van der Waals surface area contributed by atoms with Gasteiger partial charge >= 0.3 is 0 Å². The molecule has 2 aromatic rings. The van der Waals surface area contributed by atoms with Crippen LogP contribution in [-0.2, 0) is 22.4 Å². The van der Waals surface area contributed by atoms with Crippen LogP contribution in [0.5, 0.6) is 5.75 Å². The average Bonchev–Trinajstić information content (AvgIpc) is 2.76. The summed E-state index contributed by atoms with van der Waals surface area (Å²) in [4.78, 5) is 38.0. The van der Waals surface area contributed by atoms with Crippen molar-refractivity contribution in [1.82, 2.24) is 19.8 Å². The third-order valence-electron chi connectivity index (χ3n) is 5.92. The van der Waals surface area contributed by atoms with Crippen molar-refractivity contribution >= 4 is 11.8 Å². The highest BCUT2D eigenvalue weighted by atomic mass is 16.5. The quantitative estimate of drug-likeness (QED) is 0.713. The lowest BCUT2D eigenvalue weighted by molar-refractivity contribution is -0.131. The molecule has 2 amide bonds. The molecule has 1 aromatic carbocycles. The monoisotopic (exact) mass is 424 g/mol. The number of benzene rings is 1. The molecule has 0 aliphatic carbocycles. The van der Waals surface area contributed by atoms with Crippen LogP contribution in [0.2, 0.25) is 0 Å². The number of likely N-dealkylation sites (N-methyl/N-ethyl adjacent to an activating group) is 1. The Bertz CT molecular complexity index is 917. The second kappa shape index (κ2) is 9.90. The highest BCUT2D eigenvalue weighted by Crippen LogP contribution is 2.27. The van der Waals surface area contributed by atoms with Crippen LogP contribution < -0.4 is 4.74 Å². The lowest BCUT2D eigenvalue weighted by atomic mass is 9.95. The predicted octanol–water partition coefficient (Wildman–Crippen LogP) is 2.68. The summed E-state index contributed by atoms with van der Waals surface area (Å²) in [6.07, 6.45) is 2.58. The fourth-order valence-corrected chi connectivity index (χ4v) is 3.96. The number of piperidine rings is 1. The van der Waals surface area contributed by atoms with Gasteiger partial charge < -0.3 is 14.5 Å². The second-order valence-corrected chi connectivity index (χ2v) is 8.40. The zero-order chi connectivity index (χ0) is 22.5. The first-order valence-electron chi connectivity index (χ1n) is 10.7. The molecule has 7 heteroatoms. The first-order valence-corrected chi connectivity index (χ1v) is 10.7. The van der Waals surface area contributed by atoms with Crippen LogP contribution in [0.25, 0.3) is 0 Å². The highest BCUT2D eigenvalue weighted by Gasteiger charge is 2.27. The van der Waals surface area contributed by atoms with Gasteiger partial charge in [0.25, 0.3) is 0 Å². The normalized spacial score (nSPS) is 16.2. The summed E-state index contributed by atoms with van der Waals surface area (Å²) in [5.41, 5.74) is 3.57. The molecule has 0 spiro atoms. The molecular weight excluding hydrogens is 392 g/mol. The maximum Gasteiger partial charge on any atom is 0.227 e. The zero-order valence-corrected chi connectivity index (χ0v) is 19.1. The maximum atomic E-state index is 12.9. The number of likely N-dealkylation sites (tertiary alicyclic amines) is 1. The van der Waals surface area contributed by atoms with Crippen LogP contribution in [0.3, 0.4) is 0 Å². The molecule has 0 unspecified atom stereocenters. The van der Waals surface area contributed by atoms with Gasteiger partial charge in [0.05, 0.1) is 20.0 Å². The second-order valence-electron chi connectivity index (χ2n) is 8.40. The van der Waals surface area contributed by atoms with Gasteiger partial charge in [0.2, 0.25) is 11.8 Å². The van der Waals surface area contributed by atoms with Crippen molar-refractivity contribution in [2.45, 2.75) is 45.4 Å². The van der Waals surface area contributed by atoms with E-state index in [-0.39, 0.29) is 17.7 Å². The number of carbonyl (C=O) groups is 2. The summed E-state index contributed by atoms with van der Waals surface area (Å²) in [7, 11) is 5.13. The minimum Gasteiger partial charge on any atom is -0.497 e. The van der Waals surface area contributed by atoms with Crippen molar-refractivity contribution in [3.05, 3.63) is 52.6 Å². The van der Waals surface area contributed by atoms with Crippen molar-refractivity contribution in [1.29, 1.82) is 0 Å². The molecule has 2 heterocycles. The van der Waals surface area contributed by atoms with E-state index in [0.29, 0.717) is 19.4 Å². The molecule has 1 atom stereocenters. The minimum absolute atomic E-state index is 0.0375. The largest absolute Gasteiger partial charge is 0.497 e. The standard InChI is InChI=1S/C24H32N4O3/c1-16-21(14-22(29)27(3)4)17(2)26-24(25-16)19-7-6-12-28(15-19)23(30)13-18-8-10-20(31-5)11-9-18/h8-11,19H,6-7,12-15H2,1-5H3/t19-/m1/s1. The summed E-state index contributed by atoms with van der Waals surface area (Å²) >= 11 is 0. The molecule has 1 aliphatic rings. The van der Waals surface area contributed by atoms with Crippen molar-refractivity contribution < 1.29 is 14.3 Å². The fourth-order valence-electron chi connectivity index (χ4n) is 3.96. The summed E-state index contributed by atoms with van der Waals surface area (Å²) in [5.74, 6) is 1.84. The number of methoxy groups -OCH3 is 1. The third-order valence-corrected chi connectivity index (χ3v) is 5.92. The molecule has 0 saturated carbocycles. The van der Waals surface area contributed by atoms with Crippen molar-refractivity contribution in [2.75, 3.05) is 34.3 Å². The number of hydrogen-bond donors (Lipinski definition) is 0. The SMILES string of the molecule is COc1ccc(CC(=O)N2CCC[C@@H](c3nc(C)c(CC(=O)N(C)C)c(C)n3)C2)cc1. The molecule has 0 N–H and O–H groups in total. The Labute approximate surface area is 184 Å². The Balaban J connectivity index is 1.69. The summed E-state index contributed by atoms with van der Waals surface area (Å²) in [5, 5.41) is 0. The average molecular weight is 425 g/mol. The topological polar surface area (TPSA) is 75.6 Å². The van der Waals surface area contributed by atoms with Crippen LogP contribution in [-0.4, -0.2) is 65.9 Å². The van der Waals surface area contributed by atoms with Gasteiger partial charge in [-0.3, -0.25) is 9.59 Å². The summed E-state index contributed by atoms with van der Waals surface area (Å²) in [6, 6.07) is 7.62. The Hall–Kier alpha value is -2.96. The molecule has 1 aliphatic heterocycles. The van der Waals surface area contributed by atoms with E-state index in [0.717, 1.165) is 53.5 Å². The predicted molar refractivity (Wildman–Crippen MR) is 119 cm³/mol. The van der Waals surface area contributed by atoms with Crippen molar-refractivity contribution in [3.63, 3.8) is 0 Å². The smallest absolute Gasteiger partial charge is 0.227 e. The number of aryl methyl sites for hydroxylation is 2. The van der Waals surface area contributed by atoms with E-state index in [2.05, 4.69) is 0 Å². The third kappa shape index (κ3) is 5.60. The molecule has 1 fully saturated rings. The van der Waals surface area contributed by atoms with E-state index in [1.807, 2.05) is 43.0 Å². The molecule has 3 rings (SSSR count). The van der Waals surface area contributed by atoms with Crippen LogP contribution in [0.1, 0.15) is 47.1 Å². The van der Waals surface area contributed by atoms with E-state index in [4.69, 9.17) is 14.7 Å². The fraction of sp³-hybridized carbons (Fsp3) is 0.500. The number of aromatic nitrogens is 2. The number of rotatable bonds is 6. The van der Waals surface area contributed by atoms with Gasteiger partial charge in [-0.25, -0.2) is 9.97 Å². The van der Waals surface area contributed by atoms with Crippen LogP contribution in [0.4, 0.5) is 0 Å². The van der Waals surface area contributed by atoms with E-state index in [1.165, 1.54) is 0 Å². The Morgan fingerprint density at radius 1 is 1.10 bits per heavy atom. The van der Waals surface area contributed by atoms with E-state index >= 15 is 0 Å². The van der Waals surface area contributed by atoms with Gasteiger partial charge in [-0.15, -0.1) is 0 Å². The number of nitrogens with zero attached hydrogens (tertiary/aromatic N) is 4. The lowest BCUT2D eigenvalue weighted by Crippen LogP contribution is -2.40. The molecule has 166 valence electrons. The first kappa shape index (κ1) is 22.7. The van der Waals surface area contributed by atoms with Gasteiger partial charge in [0.1, 0.15) is 11.6 Å². The van der Waals surface area contributed by atoms with Crippen molar-refractivity contribution in [2.24, 2.45) is 0 Å². The van der Waals surface area contributed by atoms with E-state index in [1.54, 1.807) is 26.1 Å². The molecule has 31 heavy (non-hydrogen) atoms. The van der Waals surface area contributed by atoms with Crippen molar-refractivity contribution in [3.8, 4) is 5.75 Å². The lowest BCUT2D eigenvalue weighted by Gasteiger charge is -2.32. The van der Waals surface area contributed by atoms with Crippen LogP contribution >= 0.6 is 0 Å². The van der Waals surface area contributed by atoms with Gasteiger partial charge in [0, 0.05) is 50.1 Å². The van der Waals surface area contributed by atoms with E-state index in [9.17, 15) is 9.59 Å². The number of hydrogen-bond acceptors (Lipinski definition) is 5. The molecule has 0 bridgehead atoms. The number of amides is 2. The van der Waals surface area contributed by atoms with Gasteiger partial charge in [-0.2, -0.15) is 0 Å². The summed E-state index contributed by atoms with van der Waals surface area (Å²) < 4.78 is 5.18. The Morgan fingerprint density at radius 3 is 2.32 bits per heavy atom. The van der Waals surface area contributed by atoms with E-state index < -0.39 is 0 Å². The van der Waals surface area contributed by atoms with Gasteiger partial charge in [-0.05, 0) is 44.4 Å². The maximum absolute atomic E-state index is 12.9. The molecular formula is C24H32N4O3. The minimum atomic E-state index is 0.0375. The van der Waals surface area contributed by atoms with Crippen LogP contribution in [0.15, 0.2) is 24.3 Å². The molecule has 7 nitrogen and oxygen atoms in total. The highest BCUT2D eigenvalue weighted by molar-refractivity contribution is 5.79. The zero-order valence-electron chi connectivity index (χ0n) is 19.1. The molecule has 1 saturated heterocycles. The number of carbonyl (C=O) groups excluding carboxylic acids is 2. The molecule has 0 radical (unpaired) electrons. The Kier molecular flexibility index (Phi) is 7.25. The Morgan fingerprint density at radius 2 is 1.74 bits per heavy atom. The summed E-state index contributed by atoms with van der Waals surface area (Å²) in [6.45, 7) is 5.26. The first-order chi connectivity index (χ1) is 14.8. The van der Waals surface area contributed by atoms with Gasteiger partial charge in [0.15, 0.2) is 0 Å². The molecule has 1 aromatic heterocycles. The van der Waals surface area contributed by atoms with Crippen LogP contribution in [0, 0.1) is 13.8 Å². The number of ether oxygens (including phenoxy) is 1.